The molecule has 4 N–H and O–H groups in total. The van der Waals surface area contributed by atoms with Crippen molar-refractivity contribution in [1.82, 2.24) is 15.0 Å². The van der Waals surface area contributed by atoms with Crippen molar-refractivity contribution >= 4 is 27.5 Å². The largest absolute Gasteiger partial charge is 0.384 e. The maximum absolute atomic E-state index is 11.8. The van der Waals surface area contributed by atoms with Crippen LogP contribution in [-0.4, -0.2) is 15.0 Å². The van der Waals surface area contributed by atoms with Gasteiger partial charge in [-0.05, 0) is 17.5 Å². The van der Waals surface area contributed by atoms with E-state index in [4.69, 9.17) is 5.73 Å². The van der Waals surface area contributed by atoms with Gasteiger partial charge in [-0.2, -0.15) is 0 Å². The van der Waals surface area contributed by atoms with E-state index in [9.17, 15) is 9.59 Å². The van der Waals surface area contributed by atoms with Crippen molar-refractivity contribution in [2.75, 3.05) is 5.73 Å². The fraction of sp³-hybridized carbons (Fsp3) is 0. The average Bonchev–Trinajstić information content (AvgIpc) is 2.28. The number of rotatable bonds is 0. The number of fused-ring (bicyclic) bond motifs is 3. The molecule has 0 amide bonds. The van der Waals surface area contributed by atoms with Crippen molar-refractivity contribution in [2.45, 2.75) is 0 Å². The quantitative estimate of drug-likeness (QED) is 0.483. The van der Waals surface area contributed by atoms with E-state index in [-0.39, 0.29) is 0 Å². The summed E-state index contributed by atoms with van der Waals surface area (Å²) < 4.78 is 0. The van der Waals surface area contributed by atoms with Gasteiger partial charge in [0.15, 0.2) is 0 Å². The highest BCUT2D eigenvalue weighted by molar-refractivity contribution is 6.05. The molecule has 0 aliphatic heterocycles. The molecule has 0 fully saturated rings. The smallest absolute Gasteiger partial charge is 0.326 e. The monoisotopic (exact) mass is 228 g/mol. The van der Waals surface area contributed by atoms with Gasteiger partial charge >= 0.3 is 5.69 Å². The third-order valence-electron chi connectivity index (χ3n) is 2.63. The van der Waals surface area contributed by atoms with Gasteiger partial charge in [0.1, 0.15) is 5.82 Å². The summed E-state index contributed by atoms with van der Waals surface area (Å²) in [5.74, 6) is 0.387. The summed E-state index contributed by atoms with van der Waals surface area (Å²) in [5, 5.41) is 1.88. The Morgan fingerprint density at radius 1 is 1.18 bits per heavy atom. The van der Waals surface area contributed by atoms with E-state index in [0.29, 0.717) is 22.1 Å². The van der Waals surface area contributed by atoms with Gasteiger partial charge in [-0.3, -0.25) is 9.78 Å². The molecular formula is C11H8N4O2. The molecular weight excluding hydrogens is 220 g/mol. The Balaban J connectivity index is 2.65. The molecule has 1 aromatic carbocycles. The number of nitrogens with two attached hydrogens (primary N) is 1. The SMILES string of the molecule is Nc1cc2ccc3[nH]c(=O)[nH]c(=O)c3c2cn1. The van der Waals surface area contributed by atoms with Gasteiger partial charge in [0, 0.05) is 11.6 Å². The van der Waals surface area contributed by atoms with Crippen molar-refractivity contribution in [2.24, 2.45) is 0 Å². The summed E-state index contributed by atoms with van der Waals surface area (Å²) >= 11 is 0. The molecule has 6 heteroatoms. The Morgan fingerprint density at radius 2 is 2.00 bits per heavy atom. The predicted molar refractivity (Wildman–Crippen MR) is 64.9 cm³/mol. The molecule has 0 atom stereocenters. The number of hydrogen-bond acceptors (Lipinski definition) is 4. The number of nitrogen functional groups attached to an aromatic ring is 1. The topological polar surface area (TPSA) is 105 Å². The van der Waals surface area contributed by atoms with Gasteiger partial charge < -0.3 is 10.7 Å². The number of aromatic amines is 2. The van der Waals surface area contributed by atoms with Crippen LogP contribution in [0.25, 0.3) is 21.7 Å². The standard InChI is InChI=1S/C11H8N4O2/c12-8-3-5-1-2-7-9(6(5)4-13-8)10(16)15-11(17)14-7/h1-4H,(H2,12,13)(H2,14,15,16,17). The Labute approximate surface area is 94.1 Å². The second kappa shape index (κ2) is 3.18. The lowest BCUT2D eigenvalue weighted by Gasteiger charge is -2.02. The fourth-order valence-corrected chi connectivity index (χ4v) is 1.90. The van der Waals surface area contributed by atoms with Crippen LogP contribution in [0.3, 0.4) is 0 Å². The van der Waals surface area contributed by atoms with E-state index in [1.54, 1.807) is 18.2 Å². The number of nitrogens with one attached hydrogen (secondary N) is 2. The lowest BCUT2D eigenvalue weighted by molar-refractivity contribution is 1.08. The van der Waals surface area contributed by atoms with E-state index in [1.807, 2.05) is 0 Å². The maximum Gasteiger partial charge on any atom is 0.326 e. The molecule has 84 valence electrons. The first-order chi connectivity index (χ1) is 8.15. The molecule has 17 heavy (non-hydrogen) atoms. The minimum Gasteiger partial charge on any atom is -0.384 e. The van der Waals surface area contributed by atoms with Crippen molar-refractivity contribution in [3.63, 3.8) is 0 Å². The number of aromatic nitrogens is 3. The van der Waals surface area contributed by atoms with Crippen LogP contribution in [0.4, 0.5) is 5.82 Å². The normalized spacial score (nSPS) is 11.1. The van der Waals surface area contributed by atoms with Crippen molar-refractivity contribution in [3.8, 4) is 0 Å². The number of hydrogen-bond donors (Lipinski definition) is 3. The van der Waals surface area contributed by atoms with Crippen LogP contribution in [0.1, 0.15) is 0 Å². The number of nitrogens with zero attached hydrogens (tertiary/aromatic N) is 1. The van der Waals surface area contributed by atoms with Gasteiger partial charge in [0.05, 0.1) is 10.9 Å². The molecule has 3 rings (SSSR count). The number of anilines is 1. The van der Waals surface area contributed by atoms with E-state index in [0.717, 1.165) is 5.39 Å². The van der Waals surface area contributed by atoms with Crippen LogP contribution >= 0.6 is 0 Å². The van der Waals surface area contributed by atoms with Crippen molar-refractivity contribution < 1.29 is 0 Å². The Morgan fingerprint density at radius 3 is 2.82 bits per heavy atom. The maximum atomic E-state index is 11.8. The first kappa shape index (κ1) is 9.59. The van der Waals surface area contributed by atoms with Gasteiger partial charge in [-0.1, -0.05) is 6.07 Å². The van der Waals surface area contributed by atoms with Crippen LogP contribution in [0.2, 0.25) is 0 Å². The van der Waals surface area contributed by atoms with Crippen LogP contribution in [0, 0.1) is 0 Å². The molecule has 2 aromatic heterocycles. The zero-order chi connectivity index (χ0) is 12.0. The summed E-state index contributed by atoms with van der Waals surface area (Å²) in [4.78, 5) is 31.6. The van der Waals surface area contributed by atoms with Crippen LogP contribution < -0.4 is 17.0 Å². The van der Waals surface area contributed by atoms with Crippen molar-refractivity contribution in [1.29, 1.82) is 0 Å². The van der Waals surface area contributed by atoms with Crippen molar-refractivity contribution in [3.05, 3.63) is 45.2 Å². The summed E-state index contributed by atoms with van der Waals surface area (Å²) in [7, 11) is 0. The summed E-state index contributed by atoms with van der Waals surface area (Å²) in [6.07, 6.45) is 1.53. The Bertz CT molecular complexity index is 847. The molecule has 0 aliphatic rings. The van der Waals surface area contributed by atoms with Gasteiger partial charge in [0.2, 0.25) is 0 Å². The Kier molecular flexibility index (Phi) is 1.79. The summed E-state index contributed by atoms with van der Waals surface area (Å²) in [6.45, 7) is 0. The van der Waals surface area contributed by atoms with Gasteiger partial charge in [0.25, 0.3) is 5.56 Å². The van der Waals surface area contributed by atoms with Crippen LogP contribution in [0.15, 0.2) is 34.0 Å². The molecule has 0 radical (unpaired) electrons. The number of benzene rings is 1. The minimum atomic E-state index is -0.523. The second-order valence-corrected chi connectivity index (χ2v) is 3.73. The van der Waals surface area contributed by atoms with Crippen LogP contribution in [0.5, 0.6) is 0 Å². The van der Waals surface area contributed by atoms with Gasteiger partial charge in [-0.25, -0.2) is 9.78 Å². The molecule has 3 aromatic rings. The molecule has 6 nitrogen and oxygen atoms in total. The first-order valence-corrected chi connectivity index (χ1v) is 4.96. The van der Waals surface area contributed by atoms with E-state index < -0.39 is 11.2 Å². The fourth-order valence-electron chi connectivity index (χ4n) is 1.90. The third-order valence-corrected chi connectivity index (χ3v) is 2.63. The number of H-pyrrole nitrogens is 2. The average molecular weight is 228 g/mol. The van der Waals surface area contributed by atoms with E-state index >= 15 is 0 Å². The number of pyridine rings is 1. The molecule has 0 saturated carbocycles. The molecule has 0 unspecified atom stereocenters. The van der Waals surface area contributed by atoms with E-state index in [2.05, 4.69) is 15.0 Å². The summed E-state index contributed by atoms with van der Waals surface area (Å²) in [5.41, 5.74) is 5.11. The molecule has 0 bridgehead atoms. The first-order valence-electron chi connectivity index (χ1n) is 4.96. The highest BCUT2D eigenvalue weighted by Gasteiger charge is 2.06. The molecule has 0 saturated heterocycles. The van der Waals surface area contributed by atoms with Crippen LogP contribution in [-0.2, 0) is 0 Å². The lowest BCUT2D eigenvalue weighted by Crippen LogP contribution is -2.21. The zero-order valence-electron chi connectivity index (χ0n) is 8.65. The zero-order valence-corrected chi connectivity index (χ0v) is 8.65. The lowest BCUT2D eigenvalue weighted by atomic mass is 10.1. The predicted octanol–water partition coefficient (Wildman–Crippen LogP) is 0.347. The summed E-state index contributed by atoms with van der Waals surface area (Å²) in [6, 6.07) is 5.14. The molecule has 0 spiro atoms. The second-order valence-electron chi connectivity index (χ2n) is 3.73. The Hall–Kier alpha value is -2.63. The minimum absolute atomic E-state index is 0.387. The highest BCUT2D eigenvalue weighted by atomic mass is 16.2. The third kappa shape index (κ3) is 1.38. The van der Waals surface area contributed by atoms with E-state index in [1.165, 1.54) is 6.20 Å². The highest BCUT2D eigenvalue weighted by Crippen LogP contribution is 2.20. The van der Waals surface area contributed by atoms with Gasteiger partial charge in [-0.15, -0.1) is 0 Å². The molecule has 0 aliphatic carbocycles. The molecule has 2 heterocycles.